The smallest absolute Gasteiger partial charge is 0.376 e. The zero-order valence-corrected chi connectivity index (χ0v) is 8.92. The van der Waals surface area contributed by atoms with Gasteiger partial charge in [-0.2, -0.15) is 18.4 Å². The summed E-state index contributed by atoms with van der Waals surface area (Å²) in [7, 11) is 0. The highest BCUT2D eigenvalue weighted by atomic mass is 32.1. The number of anilines is 1. The average molecular weight is 263 g/mol. The van der Waals surface area contributed by atoms with E-state index in [1.165, 1.54) is 6.07 Å². The van der Waals surface area contributed by atoms with E-state index in [0.717, 1.165) is 0 Å². The van der Waals surface area contributed by atoms with Crippen molar-refractivity contribution in [3.63, 3.8) is 0 Å². The third-order valence-electron chi connectivity index (χ3n) is 1.82. The van der Waals surface area contributed by atoms with E-state index in [2.05, 4.69) is 12.2 Å². The molecule has 3 N–H and O–H groups in total. The third kappa shape index (κ3) is 2.82. The van der Waals surface area contributed by atoms with Gasteiger partial charge in [-0.3, -0.25) is 0 Å². The Kier molecular flexibility index (Phi) is 3.53. The molecule has 0 aliphatic heterocycles. The Labute approximate surface area is 98.8 Å². The number of alkyl halides is 3. The fourth-order valence-corrected chi connectivity index (χ4v) is 1.28. The van der Waals surface area contributed by atoms with E-state index >= 15 is 0 Å². The molecule has 0 heterocycles. The molecule has 8 heteroatoms. The first-order valence-corrected chi connectivity index (χ1v) is 4.54. The van der Waals surface area contributed by atoms with Gasteiger partial charge >= 0.3 is 6.18 Å². The van der Waals surface area contributed by atoms with Crippen LogP contribution in [0.1, 0.15) is 11.1 Å². The molecule has 0 aliphatic rings. The van der Waals surface area contributed by atoms with Crippen molar-refractivity contribution in [1.29, 1.82) is 5.26 Å². The minimum atomic E-state index is -4.74. The van der Waals surface area contributed by atoms with Gasteiger partial charge in [-0.05, 0) is 24.4 Å². The summed E-state index contributed by atoms with van der Waals surface area (Å²) in [5.74, 6) is -1.08. The molecule has 0 saturated heterocycles. The molecule has 1 rings (SSSR count). The summed E-state index contributed by atoms with van der Waals surface area (Å²) in [5, 5.41) is 10.1. The molecule has 0 amide bonds. The van der Waals surface area contributed by atoms with E-state index in [0.29, 0.717) is 12.1 Å². The molecule has 3 nitrogen and oxygen atoms in total. The largest absolute Gasteiger partial charge is 0.418 e. The number of halogens is 4. The normalized spacial score (nSPS) is 10.8. The van der Waals surface area contributed by atoms with Gasteiger partial charge in [0.2, 0.25) is 0 Å². The van der Waals surface area contributed by atoms with Crippen LogP contribution in [0.4, 0.5) is 23.2 Å². The van der Waals surface area contributed by atoms with Crippen LogP contribution in [0, 0.1) is 17.1 Å². The lowest BCUT2D eigenvalue weighted by Crippen LogP contribution is -2.23. The van der Waals surface area contributed by atoms with Gasteiger partial charge in [-0.25, -0.2) is 4.39 Å². The van der Waals surface area contributed by atoms with Crippen LogP contribution in [-0.2, 0) is 6.18 Å². The quantitative estimate of drug-likeness (QED) is 0.603. The highest BCUT2D eigenvalue weighted by Crippen LogP contribution is 2.37. The maximum absolute atomic E-state index is 13.2. The lowest BCUT2D eigenvalue weighted by atomic mass is 10.1. The summed E-state index contributed by atoms with van der Waals surface area (Å²) < 4.78 is 50.9. The van der Waals surface area contributed by atoms with Crippen molar-refractivity contribution < 1.29 is 17.6 Å². The van der Waals surface area contributed by atoms with Gasteiger partial charge in [-0.15, -0.1) is 0 Å². The van der Waals surface area contributed by atoms with Gasteiger partial charge in [0.05, 0.1) is 11.3 Å². The topological polar surface area (TPSA) is 61.8 Å². The second-order valence-corrected chi connectivity index (χ2v) is 3.38. The van der Waals surface area contributed by atoms with Gasteiger partial charge in [0.1, 0.15) is 17.4 Å². The number of rotatable bonds is 1. The Balaban J connectivity index is 3.52. The molecular formula is C9H5F4N3S. The Morgan fingerprint density at radius 1 is 1.41 bits per heavy atom. The molecule has 1 aromatic carbocycles. The molecule has 0 saturated carbocycles. The van der Waals surface area contributed by atoms with E-state index in [-0.39, 0.29) is 0 Å². The summed E-state index contributed by atoms with van der Waals surface area (Å²) in [6, 6.07) is 2.40. The molecule has 0 unspecified atom stereocenters. The number of nitrogens with one attached hydrogen (secondary N) is 1. The summed E-state index contributed by atoms with van der Waals surface area (Å²) >= 11 is 4.38. The molecule has 0 spiro atoms. The monoisotopic (exact) mass is 263 g/mol. The van der Waals surface area contributed by atoms with E-state index in [4.69, 9.17) is 11.0 Å². The number of hydrogen-bond acceptors (Lipinski definition) is 2. The van der Waals surface area contributed by atoms with Gasteiger partial charge in [-0.1, -0.05) is 0 Å². The minimum Gasteiger partial charge on any atom is -0.376 e. The zero-order valence-electron chi connectivity index (χ0n) is 8.10. The van der Waals surface area contributed by atoms with Crippen LogP contribution >= 0.6 is 12.2 Å². The lowest BCUT2D eigenvalue weighted by molar-refractivity contribution is -0.136. The molecular weight excluding hydrogens is 258 g/mol. The van der Waals surface area contributed by atoms with E-state index in [9.17, 15) is 17.6 Å². The van der Waals surface area contributed by atoms with Crippen molar-refractivity contribution in [1.82, 2.24) is 0 Å². The average Bonchev–Trinajstić information content (AvgIpc) is 2.15. The fourth-order valence-electron chi connectivity index (χ4n) is 1.18. The maximum Gasteiger partial charge on any atom is 0.418 e. The van der Waals surface area contributed by atoms with Crippen molar-refractivity contribution in [2.45, 2.75) is 6.18 Å². The summed E-state index contributed by atoms with van der Waals surface area (Å²) in [6.07, 6.45) is -4.74. The number of nitriles is 1. The molecule has 1 aromatic rings. The first kappa shape index (κ1) is 13.2. The highest BCUT2D eigenvalue weighted by Gasteiger charge is 2.35. The fraction of sp³-hybridized carbons (Fsp3) is 0.111. The van der Waals surface area contributed by atoms with Crippen molar-refractivity contribution >= 4 is 23.0 Å². The third-order valence-corrected chi connectivity index (χ3v) is 1.92. The Morgan fingerprint density at radius 3 is 2.41 bits per heavy atom. The molecule has 0 fully saturated rings. The lowest BCUT2D eigenvalue weighted by Gasteiger charge is -2.15. The zero-order chi connectivity index (χ0) is 13.2. The van der Waals surface area contributed by atoms with Crippen LogP contribution < -0.4 is 11.1 Å². The summed E-state index contributed by atoms with van der Waals surface area (Å²) in [4.78, 5) is 0. The molecule has 0 radical (unpaired) electrons. The second kappa shape index (κ2) is 4.55. The van der Waals surface area contributed by atoms with Gasteiger partial charge in [0.25, 0.3) is 0 Å². The number of nitrogens with two attached hydrogens (primary N) is 1. The number of thiocarbonyl (C=S) groups is 1. The second-order valence-electron chi connectivity index (χ2n) is 2.94. The first-order valence-electron chi connectivity index (χ1n) is 4.13. The Morgan fingerprint density at radius 2 is 2.00 bits per heavy atom. The highest BCUT2D eigenvalue weighted by molar-refractivity contribution is 7.80. The van der Waals surface area contributed by atoms with Crippen molar-refractivity contribution in [2.24, 2.45) is 5.73 Å². The molecule has 17 heavy (non-hydrogen) atoms. The van der Waals surface area contributed by atoms with Crippen LogP contribution in [0.2, 0.25) is 0 Å². The van der Waals surface area contributed by atoms with Crippen molar-refractivity contribution in [2.75, 3.05) is 5.32 Å². The minimum absolute atomic E-state index is 0.488. The van der Waals surface area contributed by atoms with Gasteiger partial charge in [0, 0.05) is 0 Å². The predicted molar refractivity (Wildman–Crippen MR) is 56.5 cm³/mol. The standard InChI is InChI=1S/C9H5F4N3S/c10-6-2-1-5(9(11,12)13)7(4(6)3-14)16-8(15)17/h1-2H,(H3,15,16,17). The Bertz CT molecular complexity index is 504. The molecule has 0 bridgehead atoms. The maximum atomic E-state index is 13.2. The predicted octanol–water partition coefficient (Wildman–Crippen LogP) is 2.37. The van der Waals surface area contributed by atoms with Crippen molar-refractivity contribution in [3.8, 4) is 6.07 Å². The van der Waals surface area contributed by atoms with E-state index < -0.39 is 33.9 Å². The van der Waals surface area contributed by atoms with Crippen LogP contribution in [0.3, 0.4) is 0 Å². The van der Waals surface area contributed by atoms with Crippen molar-refractivity contribution in [3.05, 3.63) is 29.1 Å². The van der Waals surface area contributed by atoms with Gasteiger partial charge < -0.3 is 11.1 Å². The molecule has 0 aromatic heterocycles. The van der Waals surface area contributed by atoms with E-state index in [1.807, 2.05) is 5.32 Å². The number of hydrogen-bond donors (Lipinski definition) is 2. The van der Waals surface area contributed by atoms with Crippen LogP contribution in [-0.4, -0.2) is 5.11 Å². The number of benzene rings is 1. The van der Waals surface area contributed by atoms with E-state index in [1.54, 1.807) is 0 Å². The molecule has 0 aliphatic carbocycles. The van der Waals surface area contributed by atoms with Crippen LogP contribution in [0.15, 0.2) is 12.1 Å². The molecule has 90 valence electrons. The summed E-state index contributed by atoms with van der Waals surface area (Å²) in [5.41, 5.74) is 2.27. The summed E-state index contributed by atoms with van der Waals surface area (Å²) in [6.45, 7) is 0. The van der Waals surface area contributed by atoms with Crippen LogP contribution in [0.5, 0.6) is 0 Å². The molecule has 0 atom stereocenters. The number of nitrogens with zero attached hydrogens (tertiary/aromatic N) is 1. The van der Waals surface area contributed by atoms with Crippen LogP contribution in [0.25, 0.3) is 0 Å². The first-order chi connectivity index (χ1) is 7.77. The SMILES string of the molecule is N#Cc1c(F)ccc(C(F)(F)F)c1NC(N)=S. The van der Waals surface area contributed by atoms with Gasteiger partial charge in [0.15, 0.2) is 5.11 Å². The Hall–Kier alpha value is -1.88.